The van der Waals surface area contributed by atoms with Gasteiger partial charge in [0.15, 0.2) is 11.2 Å². The van der Waals surface area contributed by atoms with Crippen LogP contribution < -0.4 is 0 Å². The molecule has 0 saturated carbocycles. The van der Waals surface area contributed by atoms with E-state index in [4.69, 9.17) is 17.7 Å². The summed E-state index contributed by atoms with van der Waals surface area (Å²) in [5.41, 5.74) is 16.1. The van der Waals surface area contributed by atoms with Crippen molar-refractivity contribution >= 4 is 153 Å². The number of para-hydroxylation sites is 6. The second kappa shape index (κ2) is 13.5. The van der Waals surface area contributed by atoms with Crippen molar-refractivity contribution in [3.05, 3.63) is 212 Å². The molecule has 7 heterocycles. The van der Waals surface area contributed by atoms with Crippen molar-refractivity contribution in [1.82, 2.24) is 13.7 Å². The highest BCUT2D eigenvalue weighted by Crippen LogP contribution is 2.48. The first-order chi connectivity index (χ1) is 36.2. The average molecular weight is 934 g/mol. The van der Waals surface area contributed by atoms with Crippen LogP contribution in [0.5, 0.6) is 0 Å². The Morgan fingerprint density at radius 1 is 0.219 bits per heavy atom. The van der Waals surface area contributed by atoms with Gasteiger partial charge in [-0.15, -0.1) is 0 Å². The normalized spacial score (nSPS) is 12.7. The van der Waals surface area contributed by atoms with Gasteiger partial charge < -0.3 is 31.4 Å². The molecule has 0 bridgehead atoms. The predicted molar refractivity (Wildman–Crippen MR) is 299 cm³/mol. The lowest BCUT2D eigenvalue weighted by Gasteiger charge is -2.10. The van der Waals surface area contributed by atoms with E-state index in [0.717, 1.165) is 170 Å². The van der Waals surface area contributed by atoms with Gasteiger partial charge in [0.25, 0.3) is 0 Å². The molecule has 0 amide bonds. The first-order valence-electron chi connectivity index (χ1n) is 24.7. The van der Waals surface area contributed by atoms with E-state index in [9.17, 15) is 0 Å². The first-order valence-corrected chi connectivity index (χ1v) is 24.7. The summed E-state index contributed by atoms with van der Waals surface area (Å²) in [6.45, 7) is 0. The molecule has 0 spiro atoms. The quantitative estimate of drug-likeness (QED) is 0.177. The van der Waals surface area contributed by atoms with Gasteiger partial charge in [0.05, 0.1) is 43.9 Å². The van der Waals surface area contributed by atoms with Gasteiger partial charge in [-0.2, -0.15) is 0 Å². The highest BCUT2D eigenvalue weighted by molar-refractivity contribution is 6.27. The van der Waals surface area contributed by atoms with Gasteiger partial charge in [-0.3, -0.25) is 0 Å². The topological polar surface area (TPSA) is 67.3 Å². The van der Waals surface area contributed by atoms with Gasteiger partial charge in [0.2, 0.25) is 0 Å². The maximum atomic E-state index is 7.17. The van der Waals surface area contributed by atoms with E-state index >= 15 is 0 Å². The number of aromatic nitrogens is 3. The number of hydrogen-bond acceptors (Lipinski definition) is 4. The first kappa shape index (κ1) is 37.9. The largest absolute Gasteiger partial charge is 0.455 e. The molecule has 0 saturated heterocycles. The number of nitrogens with zero attached hydrogens (tertiary/aromatic N) is 3. The summed E-state index contributed by atoms with van der Waals surface area (Å²) in [6.07, 6.45) is 0. The number of benzene rings is 11. The molecular weight excluding hydrogens is 899 g/mol. The number of rotatable bonds is 3. The Balaban J connectivity index is 0.939. The van der Waals surface area contributed by atoms with Gasteiger partial charge in [-0.1, -0.05) is 109 Å². The highest BCUT2D eigenvalue weighted by atomic mass is 16.3. The van der Waals surface area contributed by atoms with Crippen LogP contribution in [0.2, 0.25) is 0 Å². The van der Waals surface area contributed by atoms with Gasteiger partial charge in [-0.05, 0) is 103 Å². The van der Waals surface area contributed by atoms with Crippen molar-refractivity contribution in [2.45, 2.75) is 0 Å². The minimum absolute atomic E-state index is 0.758. The maximum absolute atomic E-state index is 7.17. The number of hydrogen-bond donors (Lipinski definition) is 0. The van der Waals surface area contributed by atoms with Crippen LogP contribution in [0.1, 0.15) is 0 Å². The molecule has 7 aromatic heterocycles. The fraction of sp³-hybridized carbons (Fsp3) is 0. The molecular formula is C66H35N3O4. The molecule has 0 atom stereocenters. The maximum Gasteiger partial charge on any atom is 0.163 e. The lowest BCUT2D eigenvalue weighted by atomic mass is 10.1. The van der Waals surface area contributed by atoms with Crippen LogP contribution >= 0.6 is 0 Å². The number of furan rings is 4. The Bertz CT molecular complexity index is 5140. The van der Waals surface area contributed by atoms with E-state index in [1.54, 1.807) is 0 Å². The van der Waals surface area contributed by atoms with Gasteiger partial charge in [0, 0.05) is 76.0 Å². The van der Waals surface area contributed by atoms with Crippen LogP contribution in [0.4, 0.5) is 0 Å². The molecule has 0 aliphatic carbocycles. The second-order valence-electron chi connectivity index (χ2n) is 19.5. The van der Waals surface area contributed by atoms with Crippen molar-refractivity contribution in [2.24, 2.45) is 0 Å². The Labute approximate surface area is 412 Å². The smallest absolute Gasteiger partial charge is 0.163 e. The summed E-state index contributed by atoms with van der Waals surface area (Å²) in [7, 11) is 0. The standard InChI is InChI=1S/C66H35N3O4/c1-7-19-50-38(13-1)39-14-2-8-20-51(39)69(50)62-65-48(46-33-36(25-31-58(46)72-65)67-52-21-9-3-17-44(52)60-54(67)29-27-42-40-15-5-11-23-56(40)70-63(42)60)35-49-47-34-37(26-32-59(47)73-66(49)62)68-53-22-10-4-18-45(53)61-55(68)30-28-43-41-16-6-12-24-57(41)71-64(43)61/h1-35H. The molecule has 0 aliphatic rings. The molecule has 0 unspecified atom stereocenters. The van der Waals surface area contributed by atoms with Crippen molar-refractivity contribution in [3.63, 3.8) is 0 Å². The van der Waals surface area contributed by atoms with E-state index in [-0.39, 0.29) is 0 Å². The molecule has 0 N–H and O–H groups in total. The Kier molecular flexibility index (Phi) is 6.98. The molecule has 7 heteroatoms. The summed E-state index contributed by atoms with van der Waals surface area (Å²) in [4.78, 5) is 0. The van der Waals surface area contributed by atoms with Crippen LogP contribution in [0.15, 0.2) is 230 Å². The van der Waals surface area contributed by atoms with Crippen molar-refractivity contribution in [1.29, 1.82) is 0 Å². The molecule has 18 rings (SSSR count). The summed E-state index contributed by atoms with van der Waals surface area (Å²) in [5, 5.41) is 15.3. The van der Waals surface area contributed by atoms with Crippen LogP contribution in [-0.4, -0.2) is 13.7 Å². The molecule has 0 radical (unpaired) electrons. The van der Waals surface area contributed by atoms with Crippen LogP contribution in [0.3, 0.4) is 0 Å². The molecule has 73 heavy (non-hydrogen) atoms. The zero-order valence-corrected chi connectivity index (χ0v) is 38.7. The molecule has 11 aromatic carbocycles. The fourth-order valence-corrected chi connectivity index (χ4v) is 12.8. The van der Waals surface area contributed by atoms with Crippen LogP contribution in [0, 0.1) is 0 Å². The zero-order valence-electron chi connectivity index (χ0n) is 38.7. The third kappa shape index (κ3) is 4.79. The van der Waals surface area contributed by atoms with E-state index in [1.165, 1.54) is 0 Å². The summed E-state index contributed by atoms with van der Waals surface area (Å²) in [5.74, 6) is 0. The van der Waals surface area contributed by atoms with Gasteiger partial charge in [-0.25, -0.2) is 0 Å². The minimum Gasteiger partial charge on any atom is -0.455 e. The Morgan fingerprint density at radius 3 is 1.05 bits per heavy atom. The summed E-state index contributed by atoms with van der Waals surface area (Å²) >= 11 is 0. The number of fused-ring (bicyclic) bond motifs is 23. The van der Waals surface area contributed by atoms with Crippen LogP contribution in [-0.2, 0) is 0 Å². The molecule has 338 valence electrons. The third-order valence-corrected chi connectivity index (χ3v) is 15.8. The Morgan fingerprint density at radius 2 is 0.589 bits per heavy atom. The molecule has 0 fully saturated rings. The monoisotopic (exact) mass is 933 g/mol. The zero-order chi connectivity index (χ0) is 47.2. The summed E-state index contributed by atoms with van der Waals surface area (Å²) < 4.78 is 34.8. The van der Waals surface area contributed by atoms with E-state index in [2.05, 4.69) is 214 Å². The lowest BCUT2D eigenvalue weighted by molar-refractivity contribution is 0.651. The van der Waals surface area contributed by atoms with Gasteiger partial charge in [0.1, 0.15) is 39.2 Å². The summed E-state index contributed by atoms with van der Waals surface area (Å²) in [6, 6.07) is 75.5. The van der Waals surface area contributed by atoms with E-state index in [0.29, 0.717) is 0 Å². The minimum atomic E-state index is 0.758. The average Bonchev–Trinajstić information content (AvgIpc) is 4.32. The Hall–Kier alpha value is -9.98. The second-order valence-corrected chi connectivity index (χ2v) is 19.5. The van der Waals surface area contributed by atoms with Crippen molar-refractivity contribution < 1.29 is 17.7 Å². The van der Waals surface area contributed by atoms with Crippen molar-refractivity contribution in [3.8, 4) is 17.1 Å². The predicted octanol–water partition coefficient (Wildman–Crippen LogP) is 18.6. The van der Waals surface area contributed by atoms with Gasteiger partial charge >= 0.3 is 0 Å². The SMILES string of the molecule is c1ccc2c(c1)oc1c2ccc2c1c1ccccc1n2-c1ccc2oc3c(-n4c5ccccc5c5ccccc54)c4oc5ccc(-n6c7ccccc7c7c8oc9ccccc9c8ccc76)cc5c4cc3c2c1. The highest BCUT2D eigenvalue weighted by Gasteiger charge is 2.27. The molecule has 0 aliphatic heterocycles. The van der Waals surface area contributed by atoms with Crippen LogP contribution in [0.25, 0.3) is 170 Å². The lowest BCUT2D eigenvalue weighted by Crippen LogP contribution is -1.95. The van der Waals surface area contributed by atoms with E-state index in [1.807, 2.05) is 12.1 Å². The van der Waals surface area contributed by atoms with E-state index < -0.39 is 0 Å². The molecule has 7 nitrogen and oxygen atoms in total. The molecule has 18 aromatic rings. The fourth-order valence-electron chi connectivity index (χ4n) is 12.8. The van der Waals surface area contributed by atoms with Crippen molar-refractivity contribution in [2.75, 3.05) is 0 Å². The third-order valence-electron chi connectivity index (χ3n) is 15.8.